The largest absolute Gasteiger partial charge is 0.477 e. The second-order valence-electron chi connectivity index (χ2n) is 4.03. The van der Waals surface area contributed by atoms with Crippen molar-refractivity contribution in [3.8, 4) is 0 Å². The molecule has 2 N–H and O–H groups in total. The predicted molar refractivity (Wildman–Crippen MR) is 58.3 cm³/mol. The second-order valence-corrected chi connectivity index (χ2v) is 4.03. The molecule has 0 saturated heterocycles. The van der Waals surface area contributed by atoms with Crippen molar-refractivity contribution in [2.75, 3.05) is 5.32 Å². The molecule has 15 heavy (non-hydrogen) atoms. The van der Waals surface area contributed by atoms with Gasteiger partial charge >= 0.3 is 5.97 Å². The number of nitrogens with zero attached hydrogens (tertiary/aromatic N) is 2. The molecule has 0 spiro atoms. The Labute approximate surface area is 89.1 Å². The van der Waals surface area contributed by atoms with Gasteiger partial charge in [0, 0.05) is 12.1 Å². The van der Waals surface area contributed by atoms with E-state index in [1.54, 1.807) is 4.57 Å². The van der Waals surface area contributed by atoms with Crippen molar-refractivity contribution >= 4 is 11.9 Å². The number of hydrogen-bond acceptors (Lipinski definition) is 3. The van der Waals surface area contributed by atoms with E-state index in [2.05, 4.69) is 10.3 Å². The smallest absolute Gasteiger partial charge is 0.354 e. The second kappa shape index (κ2) is 4.33. The Morgan fingerprint density at radius 1 is 1.47 bits per heavy atom. The van der Waals surface area contributed by atoms with Crippen molar-refractivity contribution in [3.05, 3.63) is 11.9 Å². The maximum absolute atomic E-state index is 10.9. The molecule has 0 radical (unpaired) electrons. The number of anilines is 1. The lowest BCUT2D eigenvalue weighted by atomic mass is 10.3. The normalized spacial score (nSPS) is 11.1. The summed E-state index contributed by atoms with van der Waals surface area (Å²) in [5.41, 5.74) is 0.216. The van der Waals surface area contributed by atoms with Gasteiger partial charge in [-0.15, -0.1) is 0 Å². The molecule has 5 nitrogen and oxygen atoms in total. The van der Waals surface area contributed by atoms with Crippen LogP contribution in [0.4, 0.5) is 5.95 Å². The predicted octanol–water partition coefficient (Wildman–Crippen LogP) is 1.98. The van der Waals surface area contributed by atoms with Crippen LogP contribution >= 0.6 is 0 Å². The standard InChI is InChI=1S/C10H17N3O2/c1-6(2)12-10-11-5-8(9(14)15)13(10)7(3)4/h5-7H,1-4H3,(H,11,12)(H,14,15). The van der Waals surface area contributed by atoms with Crippen LogP contribution in [0.5, 0.6) is 0 Å². The van der Waals surface area contributed by atoms with E-state index < -0.39 is 5.97 Å². The number of carboxylic acids is 1. The van der Waals surface area contributed by atoms with Gasteiger partial charge in [0.05, 0.1) is 6.20 Å². The highest BCUT2D eigenvalue weighted by Gasteiger charge is 2.17. The van der Waals surface area contributed by atoms with Crippen molar-refractivity contribution in [3.63, 3.8) is 0 Å². The molecular formula is C10H17N3O2. The van der Waals surface area contributed by atoms with E-state index in [9.17, 15) is 4.79 Å². The Kier molecular flexibility index (Phi) is 3.34. The third kappa shape index (κ3) is 2.49. The summed E-state index contributed by atoms with van der Waals surface area (Å²) in [6.07, 6.45) is 1.38. The summed E-state index contributed by atoms with van der Waals surface area (Å²) in [6.45, 7) is 7.83. The van der Waals surface area contributed by atoms with Crippen LogP contribution in [0.1, 0.15) is 44.2 Å². The molecule has 1 aromatic heterocycles. The molecule has 1 aromatic rings. The van der Waals surface area contributed by atoms with Gasteiger partial charge in [-0.1, -0.05) is 0 Å². The zero-order chi connectivity index (χ0) is 11.6. The van der Waals surface area contributed by atoms with Crippen molar-refractivity contribution in [1.29, 1.82) is 0 Å². The Morgan fingerprint density at radius 3 is 2.47 bits per heavy atom. The Bertz CT molecular complexity index is 356. The van der Waals surface area contributed by atoms with Crippen molar-refractivity contribution in [2.24, 2.45) is 0 Å². The molecule has 0 atom stereocenters. The fraction of sp³-hybridized carbons (Fsp3) is 0.600. The summed E-state index contributed by atoms with van der Waals surface area (Å²) >= 11 is 0. The van der Waals surface area contributed by atoms with E-state index in [0.717, 1.165) is 0 Å². The van der Waals surface area contributed by atoms with E-state index in [1.165, 1.54) is 6.20 Å². The summed E-state index contributed by atoms with van der Waals surface area (Å²) in [5.74, 6) is -0.342. The minimum Gasteiger partial charge on any atom is -0.477 e. The first-order chi connectivity index (χ1) is 6.93. The first kappa shape index (κ1) is 11.6. The van der Waals surface area contributed by atoms with E-state index in [4.69, 9.17) is 5.11 Å². The van der Waals surface area contributed by atoms with Crippen molar-refractivity contribution in [1.82, 2.24) is 9.55 Å². The number of rotatable bonds is 4. The number of carbonyl (C=O) groups is 1. The monoisotopic (exact) mass is 211 g/mol. The number of hydrogen-bond donors (Lipinski definition) is 2. The maximum Gasteiger partial charge on any atom is 0.354 e. The first-order valence-electron chi connectivity index (χ1n) is 5.00. The van der Waals surface area contributed by atoms with Gasteiger partial charge in [0.15, 0.2) is 0 Å². The Hall–Kier alpha value is -1.52. The lowest BCUT2D eigenvalue weighted by Gasteiger charge is -2.16. The van der Waals surface area contributed by atoms with E-state index >= 15 is 0 Å². The summed E-state index contributed by atoms with van der Waals surface area (Å²) in [4.78, 5) is 15.0. The van der Waals surface area contributed by atoms with Crippen LogP contribution in [0.25, 0.3) is 0 Å². The highest BCUT2D eigenvalue weighted by Crippen LogP contribution is 2.18. The molecule has 1 rings (SSSR count). The van der Waals surface area contributed by atoms with Gasteiger partial charge in [0.25, 0.3) is 0 Å². The highest BCUT2D eigenvalue weighted by molar-refractivity contribution is 5.86. The van der Waals surface area contributed by atoms with Gasteiger partial charge in [0.1, 0.15) is 5.69 Å². The molecule has 0 amide bonds. The van der Waals surface area contributed by atoms with E-state index in [0.29, 0.717) is 5.95 Å². The third-order valence-electron chi connectivity index (χ3n) is 1.95. The Balaban J connectivity index is 3.12. The third-order valence-corrected chi connectivity index (χ3v) is 1.95. The highest BCUT2D eigenvalue weighted by atomic mass is 16.4. The van der Waals surface area contributed by atoms with Crippen LogP contribution in [0.2, 0.25) is 0 Å². The van der Waals surface area contributed by atoms with Gasteiger partial charge in [-0.25, -0.2) is 9.78 Å². The molecule has 1 heterocycles. The lowest BCUT2D eigenvalue weighted by molar-refractivity contribution is 0.0683. The molecular weight excluding hydrogens is 194 g/mol. The van der Waals surface area contributed by atoms with Gasteiger partial charge in [-0.3, -0.25) is 0 Å². The molecule has 84 valence electrons. The zero-order valence-electron chi connectivity index (χ0n) is 9.48. The van der Waals surface area contributed by atoms with Gasteiger partial charge < -0.3 is 15.0 Å². The quantitative estimate of drug-likeness (QED) is 0.799. The molecule has 5 heteroatoms. The van der Waals surface area contributed by atoms with Gasteiger partial charge in [-0.05, 0) is 27.7 Å². The fourth-order valence-electron chi connectivity index (χ4n) is 1.41. The molecule has 0 saturated carbocycles. The summed E-state index contributed by atoms with van der Waals surface area (Å²) in [7, 11) is 0. The number of carboxylic acid groups (broad SMARTS) is 1. The Morgan fingerprint density at radius 2 is 2.07 bits per heavy atom. The van der Waals surface area contributed by atoms with Crippen LogP contribution in [0, 0.1) is 0 Å². The molecule has 0 bridgehead atoms. The molecule has 0 aliphatic heterocycles. The van der Waals surface area contributed by atoms with Crippen molar-refractivity contribution in [2.45, 2.75) is 39.8 Å². The maximum atomic E-state index is 10.9. The van der Waals surface area contributed by atoms with Crippen LogP contribution < -0.4 is 5.32 Å². The van der Waals surface area contributed by atoms with Crippen LogP contribution in [-0.4, -0.2) is 26.7 Å². The van der Waals surface area contributed by atoms with Crippen LogP contribution in [-0.2, 0) is 0 Å². The minimum absolute atomic E-state index is 0.0693. The van der Waals surface area contributed by atoms with Crippen LogP contribution in [0.15, 0.2) is 6.20 Å². The molecule has 0 aliphatic rings. The van der Waals surface area contributed by atoms with Gasteiger partial charge in [-0.2, -0.15) is 0 Å². The molecule has 0 fully saturated rings. The first-order valence-corrected chi connectivity index (χ1v) is 5.00. The number of aromatic carboxylic acids is 1. The molecule has 0 aromatic carbocycles. The molecule has 0 unspecified atom stereocenters. The number of nitrogens with one attached hydrogen (secondary N) is 1. The summed E-state index contributed by atoms with van der Waals surface area (Å²) in [6, 6.07) is 0.298. The van der Waals surface area contributed by atoms with Gasteiger partial charge in [0.2, 0.25) is 5.95 Å². The van der Waals surface area contributed by atoms with Crippen molar-refractivity contribution < 1.29 is 9.90 Å². The zero-order valence-corrected chi connectivity index (χ0v) is 9.48. The number of aromatic nitrogens is 2. The number of imidazole rings is 1. The lowest BCUT2D eigenvalue weighted by Crippen LogP contribution is -2.18. The average Bonchev–Trinajstić information content (AvgIpc) is 2.46. The topological polar surface area (TPSA) is 67.2 Å². The average molecular weight is 211 g/mol. The summed E-state index contributed by atoms with van der Waals surface area (Å²) in [5, 5.41) is 12.1. The summed E-state index contributed by atoms with van der Waals surface area (Å²) < 4.78 is 1.68. The van der Waals surface area contributed by atoms with E-state index in [-0.39, 0.29) is 17.8 Å². The minimum atomic E-state index is -0.951. The molecule has 0 aliphatic carbocycles. The van der Waals surface area contributed by atoms with Crippen LogP contribution in [0.3, 0.4) is 0 Å². The SMILES string of the molecule is CC(C)Nc1ncc(C(=O)O)n1C(C)C. The van der Waals surface area contributed by atoms with E-state index in [1.807, 2.05) is 27.7 Å². The fourth-order valence-corrected chi connectivity index (χ4v) is 1.41.